The highest BCUT2D eigenvalue weighted by atomic mass is 79.9. The van der Waals surface area contributed by atoms with E-state index in [9.17, 15) is 9.59 Å². The molecule has 1 aromatic rings. The van der Waals surface area contributed by atoms with Crippen LogP contribution in [0, 0.1) is 0 Å². The second kappa shape index (κ2) is 6.11. The van der Waals surface area contributed by atoms with Crippen LogP contribution in [0.2, 0.25) is 0 Å². The van der Waals surface area contributed by atoms with Crippen LogP contribution in [0.3, 0.4) is 0 Å². The zero-order valence-corrected chi connectivity index (χ0v) is 13.8. The first-order valence-electron chi connectivity index (χ1n) is 5.54. The molecule has 8 heteroatoms. The van der Waals surface area contributed by atoms with Gasteiger partial charge in [-0.3, -0.25) is 9.69 Å². The standard InChI is InChI=1S/C12H10BrNO4S2/c1-6(11(16)17-2)14-10(15)8(20-12(14)19)5-7-3-4-9(13)18-7/h3-6H,1-2H3. The molecule has 106 valence electrons. The van der Waals surface area contributed by atoms with E-state index in [2.05, 4.69) is 20.7 Å². The van der Waals surface area contributed by atoms with Gasteiger partial charge in [0.1, 0.15) is 16.1 Å². The molecule has 1 aliphatic heterocycles. The van der Waals surface area contributed by atoms with Crippen molar-refractivity contribution in [3.05, 3.63) is 27.5 Å². The summed E-state index contributed by atoms with van der Waals surface area (Å²) in [7, 11) is 1.27. The number of amides is 1. The van der Waals surface area contributed by atoms with E-state index in [0.717, 1.165) is 11.8 Å². The van der Waals surface area contributed by atoms with Crippen LogP contribution in [0.25, 0.3) is 6.08 Å². The van der Waals surface area contributed by atoms with E-state index in [1.807, 2.05) is 0 Å². The van der Waals surface area contributed by atoms with Crippen molar-refractivity contribution in [1.29, 1.82) is 0 Å². The predicted octanol–water partition coefficient (Wildman–Crippen LogP) is 2.80. The number of hydrogen-bond donors (Lipinski definition) is 0. The fourth-order valence-corrected chi connectivity index (χ4v) is 3.34. The maximum absolute atomic E-state index is 12.3. The highest BCUT2D eigenvalue weighted by Crippen LogP contribution is 2.34. The average molecular weight is 376 g/mol. The molecule has 0 aliphatic carbocycles. The van der Waals surface area contributed by atoms with Gasteiger partial charge in [-0.2, -0.15) is 0 Å². The maximum Gasteiger partial charge on any atom is 0.328 e. The fourth-order valence-electron chi connectivity index (χ4n) is 1.62. The van der Waals surface area contributed by atoms with Crippen LogP contribution in [0.5, 0.6) is 0 Å². The van der Waals surface area contributed by atoms with Gasteiger partial charge >= 0.3 is 5.97 Å². The number of thiocarbonyl (C=S) groups is 1. The molecule has 0 aromatic carbocycles. The van der Waals surface area contributed by atoms with Crippen LogP contribution >= 0.6 is 39.9 Å². The molecule has 1 unspecified atom stereocenters. The molecule has 1 fully saturated rings. The normalized spacial score (nSPS) is 18.8. The predicted molar refractivity (Wildman–Crippen MR) is 82.9 cm³/mol. The van der Waals surface area contributed by atoms with Crippen LogP contribution in [0.4, 0.5) is 0 Å². The lowest BCUT2D eigenvalue weighted by Gasteiger charge is -2.20. The van der Waals surface area contributed by atoms with Crippen molar-refractivity contribution in [1.82, 2.24) is 4.90 Å². The Morgan fingerprint density at radius 1 is 1.60 bits per heavy atom. The van der Waals surface area contributed by atoms with Crippen LogP contribution in [0.1, 0.15) is 12.7 Å². The van der Waals surface area contributed by atoms with Gasteiger partial charge in [0.05, 0.1) is 12.0 Å². The van der Waals surface area contributed by atoms with Gasteiger partial charge in [0.2, 0.25) is 0 Å². The molecule has 0 N–H and O–H groups in total. The monoisotopic (exact) mass is 375 g/mol. The van der Waals surface area contributed by atoms with Crippen molar-refractivity contribution < 1.29 is 18.7 Å². The number of hydrogen-bond acceptors (Lipinski definition) is 6. The summed E-state index contributed by atoms with van der Waals surface area (Å²) in [6, 6.07) is 2.70. The molecular weight excluding hydrogens is 366 g/mol. The molecule has 0 bridgehead atoms. The first kappa shape index (κ1) is 15.3. The molecule has 2 rings (SSSR count). The number of methoxy groups -OCH3 is 1. The Bertz CT molecular complexity index is 610. The highest BCUT2D eigenvalue weighted by molar-refractivity contribution is 9.10. The molecule has 1 aliphatic rings. The van der Waals surface area contributed by atoms with Crippen molar-refractivity contribution >= 4 is 62.2 Å². The van der Waals surface area contributed by atoms with E-state index in [0.29, 0.717) is 19.7 Å². The van der Waals surface area contributed by atoms with Gasteiger partial charge in [-0.15, -0.1) is 0 Å². The second-order valence-corrected chi connectivity index (χ2v) is 6.35. The quantitative estimate of drug-likeness (QED) is 0.459. The van der Waals surface area contributed by atoms with E-state index in [4.69, 9.17) is 16.6 Å². The Labute approximate surface area is 133 Å². The summed E-state index contributed by atoms with van der Waals surface area (Å²) in [5, 5.41) is 0. The summed E-state index contributed by atoms with van der Waals surface area (Å²) in [5.74, 6) is -0.309. The minimum atomic E-state index is -0.748. The van der Waals surface area contributed by atoms with Gasteiger partial charge in [0.15, 0.2) is 4.67 Å². The Morgan fingerprint density at radius 3 is 2.85 bits per heavy atom. The van der Waals surface area contributed by atoms with Gasteiger partial charge in [-0.05, 0) is 35.0 Å². The van der Waals surface area contributed by atoms with Gasteiger partial charge in [0, 0.05) is 6.08 Å². The number of carbonyl (C=O) groups excluding carboxylic acids is 2. The van der Waals surface area contributed by atoms with Crippen molar-refractivity contribution in [3.8, 4) is 0 Å². The van der Waals surface area contributed by atoms with E-state index in [1.165, 1.54) is 12.0 Å². The van der Waals surface area contributed by atoms with Crippen molar-refractivity contribution in [2.45, 2.75) is 13.0 Å². The third-order valence-corrected chi connectivity index (χ3v) is 4.38. The van der Waals surface area contributed by atoms with Crippen LogP contribution < -0.4 is 0 Å². The molecule has 5 nitrogen and oxygen atoms in total. The Balaban J connectivity index is 2.25. The number of thioether (sulfide) groups is 1. The lowest BCUT2D eigenvalue weighted by molar-refractivity contribution is -0.147. The van der Waals surface area contributed by atoms with Crippen molar-refractivity contribution in [2.24, 2.45) is 0 Å². The van der Waals surface area contributed by atoms with Crippen LogP contribution in [-0.2, 0) is 14.3 Å². The molecule has 0 spiro atoms. The van der Waals surface area contributed by atoms with E-state index in [1.54, 1.807) is 25.1 Å². The van der Waals surface area contributed by atoms with Crippen LogP contribution in [-0.4, -0.2) is 34.2 Å². The number of halogens is 1. The summed E-state index contributed by atoms with van der Waals surface area (Å²) >= 11 is 9.45. The summed E-state index contributed by atoms with van der Waals surface area (Å²) in [6.45, 7) is 1.57. The molecule has 0 radical (unpaired) electrons. The van der Waals surface area contributed by atoms with Gasteiger partial charge in [0.25, 0.3) is 5.91 Å². The van der Waals surface area contributed by atoms with Crippen molar-refractivity contribution in [3.63, 3.8) is 0 Å². The number of furan rings is 1. The zero-order chi connectivity index (χ0) is 14.9. The first-order chi connectivity index (χ1) is 9.43. The summed E-state index contributed by atoms with van der Waals surface area (Å²) in [4.78, 5) is 25.5. The Hall–Kier alpha value is -1.12. The molecule has 1 atom stereocenters. The Morgan fingerprint density at radius 2 is 2.30 bits per heavy atom. The molecule has 2 heterocycles. The van der Waals surface area contributed by atoms with E-state index < -0.39 is 12.0 Å². The van der Waals surface area contributed by atoms with Crippen LogP contribution in [0.15, 0.2) is 26.1 Å². The van der Waals surface area contributed by atoms with E-state index in [-0.39, 0.29) is 5.91 Å². The second-order valence-electron chi connectivity index (χ2n) is 3.89. The maximum atomic E-state index is 12.3. The smallest absolute Gasteiger partial charge is 0.328 e. The first-order valence-corrected chi connectivity index (χ1v) is 7.56. The van der Waals surface area contributed by atoms with Crippen molar-refractivity contribution in [2.75, 3.05) is 7.11 Å². The molecule has 1 saturated heterocycles. The average Bonchev–Trinajstić information content (AvgIpc) is 2.93. The fraction of sp³-hybridized carbons (Fsp3) is 0.250. The lowest BCUT2D eigenvalue weighted by atomic mass is 10.3. The number of ether oxygens (including phenoxy) is 1. The molecule has 1 aromatic heterocycles. The number of carbonyl (C=O) groups is 2. The largest absolute Gasteiger partial charge is 0.467 e. The third kappa shape index (κ3) is 2.97. The van der Waals surface area contributed by atoms with E-state index >= 15 is 0 Å². The number of nitrogens with zero attached hydrogens (tertiary/aromatic N) is 1. The molecular formula is C12H10BrNO4S2. The summed E-state index contributed by atoms with van der Waals surface area (Å²) < 4.78 is 10.8. The van der Waals surface area contributed by atoms with Gasteiger partial charge < -0.3 is 9.15 Å². The summed E-state index contributed by atoms with van der Waals surface area (Å²) in [6.07, 6.45) is 1.59. The molecule has 20 heavy (non-hydrogen) atoms. The molecule has 1 amide bonds. The third-order valence-electron chi connectivity index (χ3n) is 2.62. The van der Waals surface area contributed by atoms with Gasteiger partial charge in [-0.25, -0.2) is 4.79 Å². The highest BCUT2D eigenvalue weighted by Gasteiger charge is 2.38. The topological polar surface area (TPSA) is 59.8 Å². The molecule has 0 saturated carbocycles. The zero-order valence-electron chi connectivity index (χ0n) is 10.6. The number of esters is 1. The lowest BCUT2D eigenvalue weighted by Crippen LogP contribution is -2.42. The Kier molecular flexibility index (Phi) is 4.66. The minimum absolute atomic E-state index is 0.324. The minimum Gasteiger partial charge on any atom is -0.467 e. The summed E-state index contributed by atoms with van der Waals surface area (Å²) in [5.41, 5.74) is 0. The SMILES string of the molecule is COC(=O)C(C)N1C(=O)C(=Cc2ccc(Br)o2)SC1=S. The van der Waals surface area contributed by atoms with Gasteiger partial charge in [-0.1, -0.05) is 24.0 Å². The number of rotatable bonds is 3.